The Bertz CT molecular complexity index is 842. The molecule has 0 aliphatic carbocycles. The van der Waals surface area contributed by atoms with Crippen LogP contribution < -0.4 is 0 Å². The molecule has 3 rings (SSSR count). The van der Waals surface area contributed by atoms with E-state index in [4.69, 9.17) is 11.6 Å². The fourth-order valence-electron chi connectivity index (χ4n) is 2.29. The van der Waals surface area contributed by atoms with Gasteiger partial charge in [0, 0.05) is 5.56 Å². The number of nitrogens with zero attached hydrogens (tertiary/aromatic N) is 2. The smallest absolute Gasteiger partial charge is 0.161 e. The molecule has 1 heterocycles. The molecule has 0 N–H and O–H groups in total. The van der Waals surface area contributed by atoms with Crippen LogP contribution in [-0.2, 0) is 0 Å². The van der Waals surface area contributed by atoms with Gasteiger partial charge in [0.1, 0.15) is 16.8 Å². The van der Waals surface area contributed by atoms with Crippen molar-refractivity contribution in [3.63, 3.8) is 0 Å². The Balaban J connectivity index is 2.32. The molecule has 0 spiro atoms. The van der Waals surface area contributed by atoms with Gasteiger partial charge in [0.25, 0.3) is 0 Å². The third-order valence-electron chi connectivity index (χ3n) is 3.26. The fourth-order valence-corrected chi connectivity index (χ4v) is 2.55. The van der Waals surface area contributed by atoms with Crippen molar-refractivity contribution >= 4 is 22.5 Å². The molecule has 1 aromatic heterocycles. The van der Waals surface area contributed by atoms with Crippen LogP contribution in [0.15, 0.2) is 30.3 Å². The largest absolute Gasteiger partial charge is 0.228 e. The summed E-state index contributed by atoms with van der Waals surface area (Å²) in [6, 6.07) is 7.46. The van der Waals surface area contributed by atoms with Crippen LogP contribution in [0.25, 0.3) is 22.3 Å². The molecule has 2 nitrogen and oxygen atoms in total. The zero-order chi connectivity index (χ0) is 15.1. The van der Waals surface area contributed by atoms with Crippen molar-refractivity contribution in [2.75, 3.05) is 0 Å². The van der Waals surface area contributed by atoms with E-state index in [0.717, 1.165) is 11.1 Å². The number of benzene rings is 2. The maximum atomic E-state index is 13.9. The molecule has 21 heavy (non-hydrogen) atoms. The van der Waals surface area contributed by atoms with Crippen LogP contribution in [-0.4, -0.2) is 9.97 Å². The van der Waals surface area contributed by atoms with Crippen molar-refractivity contribution < 1.29 is 8.78 Å². The zero-order valence-electron chi connectivity index (χ0n) is 11.4. The number of hydrogen-bond donors (Lipinski definition) is 0. The highest BCUT2D eigenvalue weighted by atomic mass is 35.5. The van der Waals surface area contributed by atoms with E-state index in [1.165, 1.54) is 18.2 Å². The van der Waals surface area contributed by atoms with Crippen molar-refractivity contribution in [3.05, 3.63) is 58.2 Å². The summed E-state index contributed by atoms with van der Waals surface area (Å²) in [7, 11) is 0. The zero-order valence-corrected chi connectivity index (χ0v) is 12.2. The molecule has 0 aliphatic rings. The quantitative estimate of drug-likeness (QED) is 0.601. The normalized spacial score (nSPS) is 11.1. The third-order valence-corrected chi connectivity index (χ3v) is 3.53. The number of rotatable bonds is 1. The fraction of sp³-hybridized carbons (Fsp3) is 0.125. The second-order valence-corrected chi connectivity index (χ2v) is 5.30. The maximum Gasteiger partial charge on any atom is 0.161 e. The molecular weight excluding hydrogens is 294 g/mol. The molecular formula is C16H11ClF2N2. The lowest BCUT2D eigenvalue weighted by Crippen LogP contribution is -1.96. The van der Waals surface area contributed by atoms with Gasteiger partial charge in [-0.05, 0) is 49.2 Å². The van der Waals surface area contributed by atoms with E-state index in [-0.39, 0.29) is 22.2 Å². The summed E-state index contributed by atoms with van der Waals surface area (Å²) in [5, 5.41) is 0.214. The minimum absolute atomic E-state index is 0.0260. The van der Waals surface area contributed by atoms with Crippen LogP contribution in [0.3, 0.4) is 0 Å². The van der Waals surface area contributed by atoms with Crippen molar-refractivity contribution in [3.8, 4) is 11.4 Å². The molecule has 3 aromatic rings. The van der Waals surface area contributed by atoms with Gasteiger partial charge in [-0.2, -0.15) is 0 Å². The van der Waals surface area contributed by atoms with E-state index in [9.17, 15) is 8.78 Å². The van der Waals surface area contributed by atoms with Gasteiger partial charge in [-0.3, -0.25) is 0 Å². The second kappa shape index (κ2) is 5.04. The Morgan fingerprint density at radius 3 is 2.48 bits per heavy atom. The molecule has 0 amide bonds. The van der Waals surface area contributed by atoms with Crippen molar-refractivity contribution in [2.45, 2.75) is 13.8 Å². The Labute approximate surface area is 125 Å². The number of halogens is 3. The Hall–Kier alpha value is -2.07. The topological polar surface area (TPSA) is 25.8 Å². The lowest BCUT2D eigenvalue weighted by Gasteiger charge is -2.08. The van der Waals surface area contributed by atoms with Crippen LogP contribution in [0.1, 0.15) is 11.1 Å². The minimum Gasteiger partial charge on any atom is -0.228 e. The monoisotopic (exact) mass is 304 g/mol. The molecule has 0 saturated carbocycles. The first-order chi connectivity index (χ1) is 9.95. The van der Waals surface area contributed by atoms with Gasteiger partial charge >= 0.3 is 0 Å². The molecule has 0 atom stereocenters. The van der Waals surface area contributed by atoms with E-state index in [1.807, 2.05) is 6.92 Å². The van der Waals surface area contributed by atoms with Gasteiger partial charge in [0.05, 0.1) is 10.9 Å². The van der Waals surface area contributed by atoms with Crippen molar-refractivity contribution in [2.24, 2.45) is 0 Å². The van der Waals surface area contributed by atoms with Gasteiger partial charge < -0.3 is 0 Å². The molecule has 0 saturated heterocycles. The standard InChI is InChI=1S/C16H11ClF2N2/c1-8-5-10(7-11(18)6-8)16-20-14-9(2)3-4-12(19)13(14)15(17)21-16/h3-7H,1-2H3. The summed E-state index contributed by atoms with van der Waals surface area (Å²) in [6.07, 6.45) is 0. The van der Waals surface area contributed by atoms with Crippen LogP contribution in [0, 0.1) is 25.5 Å². The molecule has 0 fully saturated rings. The van der Waals surface area contributed by atoms with Crippen LogP contribution in [0.4, 0.5) is 8.78 Å². The van der Waals surface area contributed by atoms with Gasteiger partial charge in [-0.25, -0.2) is 18.7 Å². The molecule has 0 radical (unpaired) electrons. The van der Waals surface area contributed by atoms with Crippen LogP contribution in [0.2, 0.25) is 5.15 Å². The Morgan fingerprint density at radius 1 is 1.00 bits per heavy atom. The first kappa shape index (κ1) is 13.9. The molecule has 5 heteroatoms. The van der Waals surface area contributed by atoms with Crippen molar-refractivity contribution in [1.82, 2.24) is 9.97 Å². The lowest BCUT2D eigenvalue weighted by atomic mass is 10.1. The summed E-state index contributed by atoms with van der Waals surface area (Å²) < 4.78 is 27.4. The number of aryl methyl sites for hydroxylation is 2. The molecule has 0 bridgehead atoms. The van der Waals surface area contributed by atoms with E-state index < -0.39 is 5.82 Å². The third kappa shape index (κ3) is 2.47. The number of aromatic nitrogens is 2. The Morgan fingerprint density at radius 2 is 1.76 bits per heavy atom. The first-order valence-corrected chi connectivity index (χ1v) is 6.73. The molecule has 2 aromatic carbocycles. The molecule has 0 aliphatic heterocycles. The summed E-state index contributed by atoms with van der Waals surface area (Å²) in [5.74, 6) is -0.563. The van der Waals surface area contributed by atoms with Gasteiger partial charge in [0.2, 0.25) is 0 Å². The van der Waals surface area contributed by atoms with E-state index >= 15 is 0 Å². The predicted octanol–water partition coefficient (Wildman–Crippen LogP) is 4.85. The highest BCUT2D eigenvalue weighted by molar-refractivity contribution is 6.34. The lowest BCUT2D eigenvalue weighted by molar-refractivity contribution is 0.627. The molecule has 106 valence electrons. The highest BCUT2D eigenvalue weighted by Crippen LogP contribution is 2.29. The second-order valence-electron chi connectivity index (χ2n) is 4.94. The Kier molecular flexibility index (Phi) is 3.33. The number of fused-ring (bicyclic) bond motifs is 1. The van der Waals surface area contributed by atoms with Crippen molar-refractivity contribution in [1.29, 1.82) is 0 Å². The molecule has 0 unspecified atom stereocenters. The highest BCUT2D eigenvalue weighted by Gasteiger charge is 2.14. The summed E-state index contributed by atoms with van der Waals surface area (Å²) in [4.78, 5) is 8.45. The minimum atomic E-state index is -0.470. The van der Waals surface area contributed by atoms with Gasteiger partial charge in [-0.1, -0.05) is 17.7 Å². The van der Waals surface area contributed by atoms with E-state index in [2.05, 4.69) is 9.97 Å². The van der Waals surface area contributed by atoms with Crippen LogP contribution >= 0.6 is 11.6 Å². The first-order valence-electron chi connectivity index (χ1n) is 6.35. The predicted molar refractivity (Wildman–Crippen MR) is 79.4 cm³/mol. The SMILES string of the molecule is Cc1cc(F)cc(-c2nc(Cl)c3c(F)ccc(C)c3n2)c1. The van der Waals surface area contributed by atoms with E-state index in [0.29, 0.717) is 11.1 Å². The maximum absolute atomic E-state index is 13.9. The summed E-state index contributed by atoms with van der Waals surface area (Å²) in [6.45, 7) is 3.59. The van der Waals surface area contributed by atoms with Gasteiger partial charge in [-0.15, -0.1) is 0 Å². The number of hydrogen-bond acceptors (Lipinski definition) is 2. The van der Waals surface area contributed by atoms with E-state index in [1.54, 1.807) is 19.1 Å². The average molecular weight is 305 g/mol. The van der Waals surface area contributed by atoms with Crippen LogP contribution in [0.5, 0.6) is 0 Å². The summed E-state index contributed by atoms with van der Waals surface area (Å²) >= 11 is 6.08. The summed E-state index contributed by atoms with van der Waals surface area (Å²) in [5.41, 5.74) is 2.48. The van der Waals surface area contributed by atoms with Gasteiger partial charge in [0.15, 0.2) is 5.82 Å². The average Bonchev–Trinajstić information content (AvgIpc) is 2.41.